The van der Waals surface area contributed by atoms with Crippen molar-refractivity contribution in [2.45, 2.75) is 33.7 Å². The molecule has 106 valence electrons. The minimum absolute atomic E-state index is 0.00454. The van der Waals surface area contributed by atoms with Crippen LogP contribution in [0.4, 0.5) is 0 Å². The zero-order valence-corrected chi connectivity index (χ0v) is 12.7. The lowest BCUT2D eigenvalue weighted by Gasteiger charge is -2.08. The molecular weight excluding hydrogens is 274 g/mol. The van der Waals surface area contributed by atoms with E-state index in [4.69, 9.17) is 11.6 Å². The number of halogens is 1. The number of ketones is 1. The maximum atomic E-state index is 12.3. The van der Waals surface area contributed by atoms with Crippen molar-refractivity contribution in [2.75, 3.05) is 0 Å². The molecular formula is C15H18ClN3O. The van der Waals surface area contributed by atoms with Crippen molar-refractivity contribution >= 4 is 17.4 Å². The molecule has 0 saturated carbocycles. The summed E-state index contributed by atoms with van der Waals surface area (Å²) in [5.74, 6) is 1.16. The Kier molecular flexibility index (Phi) is 4.55. The summed E-state index contributed by atoms with van der Waals surface area (Å²) >= 11 is 6.05. The van der Waals surface area contributed by atoms with Gasteiger partial charge in [-0.1, -0.05) is 37.6 Å². The molecule has 1 aromatic heterocycles. The van der Waals surface area contributed by atoms with Crippen LogP contribution < -0.4 is 0 Å². The van der Waals surface area contributed by atoms with Gasteiger partial charge in [-0.05, 0) is 24.5 Å². The number of aryl methyl sites for hydroxylation is 1. The van der Waals surface area contributed by atoms with E-state index >= 15 is 0 Å². The Labute approximate surface area is 123 Å². The normalized spacial score (nSPS) is 11.1. The molecule has 1 heterocycles. The quantitative estimate of drug-likeness (QED) is 0.794. The molecule has 0 fully saturated rings. The van der Waals surface area contributed by atoms with Crippen LogP contribution in [0.15, 0.2) is 24.5 Å². The highest BCUT2D eigenvalue weighted by molar-refractivity contribution is 6.31. The summed E-state index contributed by atoms with van der Waals surface area (Å²) in [5.41, 5.74) is 1.57. The fraction of sp³-hybridized carbons (Fsp3) is 0.400. The van der Waals surface area contributed by atoms with E-state index in [1.807, 2.05) is 13.0 Å². The largest absolute Gasteiger partial charge is 0.294 e. The van der Waals surface area contributed by atoms with Crippen LogP contribution in [0, 0.1) is 12.8 Å². The Hall–Kier alpha value is -1.68. The van der Waals surface area contributed by atoms with E-state index in [2.05, 4.69) is 23.9 Å². The molecule has 0 unspecified atom stereocenters. The standard InChI is InChI=1S/C15H18ClN3O/c1-10(2)8-19-15(17-9-18-19)7-14(20)12-5-4-11(3)13(16)6-12/h4-6,9-10H,7-8H2,1-3H3. The molecule has 2 aromatic rings. The molecule has 4 nitrogen and oxygen atoms in total. The molecule has 0 atom stereocenters. The molecule has 1 aromatic carbocycles. The number of Topliss-reactive ketones (excluding diaryl/α,β-unsaturated/α-hetero) is 1. The first-order valence-electron chi connectivity index (χ1n) is 6.63. The van der Waals surface area contributed by atoms with E-state index in [1.165, 1.54) is 6.33 Å². The predicted octanol–water partition coefficient (Wildman–Crippen LogP) is 3.32. The van der Waals surface area contributed by atoms with E-state index in [0.29, 0.717) is 22.3 Å². The monoisotopic (exact) mass is 291 g/mol. The maximum Gasteiger partial charge on any atom is 0.170 e. The molecule has 0 amide bonds. The minimum atomic E-state index is 0.00454. The Morgan fingerprint density at radius 1 is 1.40 bits per heavy atom. The van der Waals surface area contributed by atoms with Crippen molar-refractivity contribution in [2.24, 2.45) is 5.92 Å². The SMILES string of the molecule is Cc1ccc(C(=O)Cc2ncnn2CC(C)C)cc1Cl. The highest BCUT2D eigenvalue weighted by Crippen LogP contribution is 2.18. The third-order valence-corrected chi connectivity index (χ3v) is 3.45. The number of nitrogens with zero attached hydrogens (tertiary/aromatic N) is 3. The van der Waals surface area contributed by atoms with Gasteiger partial charge in [-0.3, -0.25) is 4.79 Å². The summed E-state index contributed by atoms with van der Waals surface area (Å²) in [6.45, 7) is 6.88. The summed E-state index contributed by atoms with van der Waals surface area (Å²) in [4.78, 5) is 16.4. The Bertz CT molecular complexity index is 619. The van der Waals surface area contributed by atoms with Crippen LogP contribution in [0.2, 0.25) is 5.02 Å². The molecule has 2 rings (SSSR count). The van der Waals surface area contributed by atoms with Crippen LogP contribution in [0.3, 0.4) is 0 Å². The molecule has 5 heteroatoms. The first kappa shape index (κ1) is 14.7. The number of aromatic nitrogens is 3. The van der Waals surface area contributed by atoms with Gasteiger partial charge in [0.15, 0.2) is 5.78 Å². The predicted molar refractivity (Wildman–Crippen MR) is 79.1 cm³/mol. The van der Waals surface area contributed by atoms with Gasteiger partial charge in [-0.15, -0.1) is 0 Å². The molecule has 0 N–H and O–H groups in total. The lowest BCUT2D eigenvalue weighted by atomic mass is 10.1. The molecule has 0 aliphatic rings. The number of benzene rings is 1. The van der Waals surface area contributed by atoms with Gasteiger partial charge < -0.3 is 0 Å². The minimum Gasteiger partial charge on any atom is -0.294 e. The summed E-state index contributed by atoms with van der Waals surface area (Å²) in [7, 11) is 0. The van der Waals surface area contributed by atoms with Crippen LogP contribution in [-0.2, 0) is 13.0 Å². The lowest BCUT2D eigenvalue weighted by molar-refractivity contribution is 0.0989. The summed E-state index contributed by atoms with van der Waals surface area (Å²) in [6.07, 6.45) is 1.74. The van der Waals surface area contributed by atoms with E-state index in [-0.39, 0.29) is 12.2 Å². The zero-order chi connectivity index (χ0) is 14.7. The first-order valence-corrected chi connectivity index (χ1v) is 7.01. The van der Waals surface area contributed by atoms with Gasteiger partial charge in [0.05, 0.1) is 6.42 Å². The number of carbonyl (C=O) groups excluding carboxylic acids is 1. The summed E-state index contributed by atoms with van der Waals surface area (Å²) < 4.78 is 1.79. The lowest BCUT2D eigenvalue weighted by Crippen LogP contribution is -2.14. The van der Waals surface area contributed by atoms with Gasteiger partial charge in [0.1, 0.15) is 12.2 Å². The number of carbonyl (C=O) groups is 1. The fourth-order valence-corrected chi connectivity index (χ4v) is 2.12. The highest BCUT2D eigenvalue weighted by atomic mass is 35.5. The molecule has 20 heavy (non-hydrogen) atoms. The number of hydrogen-bond acceptors (Lipinski definition) is 3. The van der Waals surface area contributed by atoms with E-state index in [1.54, 1.807) is 16.8 Å². The third kappa shape index (κ3) is 3.45. The van der Waals surface area contributed by atoms with Crippen LogP contribution in [0.5, 0.6) is 0 Å². The summed E-state index contributed by atoms with van der Waals surface area (Å²) in [6, 6.07) is 5.36. The smallest absolute Gasteiger partial charge is 0.170 e. The number of hydrogen-bond donors (Lipinski definition) is 0. The fourth-order valence-electron chi connectivity index (χ4n) is 1.94. The van der Waals surface area contributed by atoms with Crippen LogP contribution >= 0.6 is 11.6 Å². The molecule has 0 spiro atoms. The Balaban J connectivity index is 2.15. The van der Waals surface area contributed by atoms with Gasteiger partial charge >= 0.3 is 0 Å². The van der Waals surface area contributed by atoms with Crippen LogP contribution in [-0.4, -0.2) is 20.5 Å². The molecule has 0 aliphatic carbocycles. The maximum absolute atomic E-state index is 12.3. The van der Waals surface area contributed by atoms with Gasteiger partial charge in [-0.25, -0.2) is 9.67 Å². The average molecular weight is 292 g/mol. The van der Waals surface area contributed by atoms with E-state index in [9.17, 15) is 4.79 Å². The first-order chi connectivity index (χ1) is 9.47. The summed E-state index contributed by atoms with van der Waals surface area (Å²) in [5, 5.41) is 4.77. The second kappa shape index (κ2) is 6.18. The van der Waals surface area contributed by atoms with E-state index < -0.39 is 0 Å². The molecule has 0 aliphatic heterocycles. The van der Waals surface area contributed by atoms with Crippen molar-refractivity contribution in [3.63, 3.8) is 0 Å². The van der Waals surface area contributed by atoms with Gasteiger partial charge in [0.25, 0.3) is 0 Å². The highest BCUT2D eigenvalue weighted by Gasteiger charge is 2.13. The van der Waals surface area contributed by atoms with Crippen molar-refractivity contribution in [1.29, 1.82) is 0 Å². The second-order valence-electron chi connectivity index (χ2n) is 5.32. The van der Waals surface area contributed by atoms with Crippen LogP contribution in [0.1, 0.15) is 35.6 Å². The van der Waals surface area contributed by atoms with Crippen molar-refractivity contribution in [1.82, 2.24) is 14.8 Å². The van der Waals surface area contributed by atoms with E-state index in [0.717, 1.165) is 12.1 Å². The topological polar surface area (TPSA) is 47.8 Å². The average Bonchev–Trinajstić information content (AvgIpc) is 2.79. The third-order valence-electron chi connectivity index (χ3n) is 3.05. The molecule has 0 saturated heterocycles. The van der Waals surface area contributed by atoms with Gasteiger partial charge in [0.2, 0.25) is 0 Å². The molecule has 0 bridgehead atoms. The van der Waals surface area contributed by atoms with Crippen molar-refractivity contribution < 1.29 is 4.79 Å². The van der Waals surface area contributed by atoms with Gasteiger partial charge in [-0.2, -0.15) is 5.10 Å². The molecule has 0 radical (unpaired) electrons. The van der Waals surface area contributed by atoms with Gasteiger partial charge in [0, 0.05) is 17.1 Å². The van der Waals surface area contributed by atoms with Crippen LogP contribution in [0.25, 0.3) is 0 Å². The van der Waals surface area contributed by atoms with Crippen molar-refractivity contribution in [3.05, 3.63) is 46.5 Å². The number of rotatable bonds is 5. The zero-order valence-electron chi connectivity index (χ0n) is 11.9. The van der Waals surface area contributed by atoms with Crippen molar-refractivity contribution in [3.8, 4) is 0 Å². The second-order valence-corrected chi connectivity index (χ2v) is 5.72. The Morgan fingerprint density at radius 3 is 2.80 bits per heavy atom. The Morgan fingerprint density at radius 2 is 2.15 bits per heavy atom.